The van der Waals surface area contributed by atoms with Crippen molar-refractivity contribution in [2.24, 2.45) is 4.99 Å². The molecule has 1 aliphatic heterocycles. The standard InChI is InChI=1S/C20H16ClFN2O2S/c1-3-10-27-20-23-18(11-13-4-7-15(26-2)8-5-13)19(25)24(20)14-6-9-17(22)16(21)12-14/h3-9,11-12H,1,10H2,2H3/b18-11+. The summed E-state index contributed by atoms with van der Waals surface area (Å²) in [4.78, 5) is 18.8. The predicted octanol–water partition coefficient (Wildman–Crippen LogP) is 5.15. The number of carbonyl (C=O) groups excluding carboxylic acids is 1. The van der Waals surface area contributed by atoms with Gasteiger partial charge in [-0.2, -0.15) is 0 Å². The van der Waals surface area contributed by atoms with Crippen LogP contribution in [0, 0.1) is 5.82 Å². The van der Waals surface area contributed by atoms with Gasteiger partial charge in [0.05, 0.1) is 17.8 Å². The van der Waals surface area contributed by atoms with Gasteiger partial charge in [-0.15, -0.1) is 6.58 Å². The number of benzene rings is 2. The minimum absolute atomic E-state index is 0.0547. The molecule has 1 amide bonds. The summed E-state index contributed by atoms with van der Waals surface area (Å²) in [6.07, 6.45) is 3.42. The van der Waals surface area contributed by atoms with E-state index in [0.717, 1.165) is 11.3 Å². The fraction of sp³-hybridized carbons (Fsp3) is 0.100. The Bertz CT molecular complexity index is 941. The van der Waals surface area contributed by atoms with Gasteiger partial charge >= 0.3 is 0 Å². The molecule has 0 saturated carbocycles. The number of ether oxygens (including phenoxy) is 1. The van der Waals surface area contributed by atoms with Crippen molar-refractivity contribution in [3.8, 4) is 5.75 Å². The molecule has 0 atom stereocenters. The summed E-state index contributed by atoms with van der Waals surface area (Å²) in [5.41, 5.74) is 1.56. The van der Waals surface area contributed by atoms with Gasteiger partial charge in [-0.1, -0.05) is 41.6 Å². The van der Waals surface area contributed by atoms with Crippen LogP contribution in [0.1, 0.15) is 5.56 Å². The van der Waals surface area contributed by atoms with Gasteiger partial charge in [0.1, 0.15) is 17.3 Å². The second-order valence-electron chi connectivity index (χ2n) is 5.54. The number of thioether (sulfide) groups is 1. The van der Waals surface area contributed by atoms with Crippen LogP contribution >= 0.6 is 23.4 Å². The van der Waals surface area contributed by atoms with Crippen LogP contribution in [0.2, 0.25) is 5.02 Å². The van der Waals surface area contributed by atoms with Crippen LogP contribution in [-0.4, -0.2) is 23.9 Å². The minimum atomic E-state index is -0.543. The summed E-state index contributed by atoms with van der Waals surface area (Å²) in [5, 5.41) is 0.434. The Morgan fingerprint density at radius 3 is 2.67 bits per heavy atom. The Balaban J connectivity index is 1.97. The summed E-state index contributed by atoms with van der Waals surface area (Å²) < 4.78 is 18.6. The molecule has 0 N–H and O–H groups in total. The molecule has 2 aromatic carbocycles. The van der Waals surface area contributed by atoms with Gasteiger partial charge in [0, 0.05) is 5.75 Å². The molecule has 0 bridgehead atoms. The molecular weight excluding hydrogens is 387 g/mol. The molecule has 0 aromatic heterocycles. The third-order valence-electron chi connectivity index (χ3n) is 3.74. The zero-order valence-electron chi connectivity index (χ0n) is 14.5. The molecule has 27 heavy (non-hydrogen) atoms. The Hall–Kier alpha value is -2.57. The van der Waals surface area contributed by atoms with Gasteiger partial charge in [0.25, 0.3) is 5.91 Å². The Morgan fingerprint density at radius 2 is 2.04 bits per heavy atom. The quantitative estimate of drug-likeness (QED) is 0.513. The van der Waals surface area contributed by atoms with Crippen LogP contribution in [-0.2, 0) is 4.79 Å². The average Bonchev–Trinajstić information content (AvgIpc) is 2.98. The fourth-order valence-corrected chi connectivity index (χ4v) is 3.36. The summed E-state index contributed by atoms with van der Waals surface area (Å²) in [6, 6.07) is 11.4. The van der Waals surface area contributed by atoms with Gasteiger partial charge in [-0.25, -0.2) is 9.38 Å². The molecule has 0 spiro atoms. The second-order valence-corrected chi connectivity index (χ2v) is 6.93. The van der Waals surface area contributed by atoms with Gasteiger partial charge in [0.15, 0.2) is 5.17 Å². The molecule has 0 radical (unpaired) electrons. The van der Waals surface area contributed by atoms with E-state index in [4.69, 9.17) is 16.3 Å². The average molecular weight is 403 g/mol. The lowest BCUT2D eigenvalue weighted by Gasteiger charge is -2.17. The van der Waals surface area contributed by atoms with Gasteiger partial charge in [0.2, 0.25) is 0 Å². The number of aliphatic imine (C=N–C) groups is 1. The van der Waals surface area contributed by atoms with Crippen LogP contribution in [0.3, 0.4) is 0 Å². The van der Waals surface area contributed by atoms with Crippen molar-refractivity contribution in [3.63, 3.8) is 0 Å². The van der Waals surface area contributed by atoms with E-state index in [-0.39, 0.29) is 16.6 Å². The maximum absolute atomic E-state index is 13.5. The number of anilines is 1. The van der Waals surface area contributed by atoms with Crippen molar-refractivity contribution in [2.75, 3.05) is 17.8 Å². The lowest BCUT2D eigenvalue weighted by atomic mass is 10.2. The second kappa shape index (κ2) is 8.41. The molecule has 7 heteroatoms. The van der Waals surface area contributed by atoms with Crippen molar-refractivity contribution in [1.82, 2.24) is 0 Å². The smallest absolute Gasteiger partial charge is 0.283 e. The zero-order chi connectivity index (χ0) is 19.4. The third kappa shape index (κ3) is 4.23. The first kappa shape index (κ1) is 19.2. The van der Waals surface area contributed by atoms with E-state index in [0.29, 0.717) is 16.6 Å². The number of methoxy groups -OCH3 is 1. The van der Waals surface area contributed by atoms with Crippen LogP contribution in [0.15, 0.2) is 65.8 Å². The zero-order valence-corrected chi connectivity index (χ0v) is 16.1. The molecule has 2 aromatic rings. The van der Waals surface area contributed by atoms with Crippen molar-refractivity contribution in [3.05, 3.63) is 77.2 Å². The highest BCUT2D eigenvalue weighted by molar-refractivity contribution is 8.14. The first-order chi connectivity index (χ1) is 13.0. The maximum Gasteiger partial charge on any atom is 0.283 e. The van der Waals surface area contributed by atoms with Gasteiger partial charge in [-0.3, -0.25) is 9.69 Å². The van der Waals surface area contributed by atoms with E-state index >= 15 is 0 Å². The first-order valence-corrected chi connectivity index (χ1v) is 9.37. The monoisotopic (exact) mass is 402 g/mol. The molecule has 0 aliphatic carbocycles. The number of halogens is 2. The highest BCUT2D eigenvalue weighted by Crippen LogP contribution is 2.31. The number of rotatable bonds is 5. The number of nitrogens with zero attached hydrogens (tertiary/aromatic N) is 2. The van der Waals surface area contributed by atoms with Crippen molar-refractivity contribution < 1.29 is 13.9 Å². The lowest BCUT2D eigenvalue weighted by molar-refractivity contribution is -0.113. The van der Waals surface area contributed by atoms with E-state index < -0.39 is 5.82 Å². The lowest BCUT2D eigenvalue weighted by Crippen LogP contribution is -2.30. The molecule has 4 nitrogen and oxygen atoms in total. The molecule has 1 aliphatic rings. The molecule has 138 valence electrons. The number of amidine groups is 1. The summed E-state index contributed by atoms with van der Waals surface area (Å²) in [6.45, 7) is 3.69. The van der Waals surface area contributed by atoms with Gasteiger partial charge in [-0.05, 0) is 42.0 Å². The highest BCUT2D eigenvalue weighted by Gasteiger charge is 2.32. The number of amides is 1. The Morgan fingerprint density at radius 1 is 1.30 bits per heavy atom. The molecule has 0 unspecified atom stereocenters. The largest absolute Gasteiger partial charge is 0.497 e. The van der Waals surface area contributed by atoms with E-state index in [9.17, 15) is 9.18 Å². The summed E-state index contributed by atoms with van der Waals surface area (Å²) in [5.74, 6) is 0.453. The van der Waals surface area contributed by atoms with Crippen molar-refractivity contribution in [2.45, 2.75) is 0 Å². The Kier molecular flexibility index (Phi) is 5.98. The SMILES string of the molecule is C=CCSC1=N/C(=C/c2ccc(OC)cc2)C(=O)N1c1ccc(F)c(Cl)c1. The number of hydrogen-bond donors (Lipinski definition) is 0. The van der Waals surface area contributed by atoms with Crippen LogP contribution in [0.4, 0.5) is 10.1 Å². The minimum Gasteiger partial charge on any atom is -0.497 e. The van der Waals surface area contributed by atoms with E-state index in [1.807, 2.05) is 12.1 Å². The van der Waals surface area contributed by atoms with Crippen molar-refractivity contribution >= 4 is 46.2 Å². The van der Waals surface area contributed by atoms with Crippen molar-refractivity contribution in [1.29, 1.82) is 0 Å². The van der Waals surface area contributed by atoms with Crippen LogP contribution < -0.4 is 9.64 Å². The topological polar surface area (TPSA) is 41.9 Å². The molecule has 3 rings (SSSR count). The van der Waals surface area contributed by atoms with Gasteiger partial charge < -0.3 is 4.74 Å². The number of hydrogen-bond acceptors (Lipinski definition) is 4. The van der Waals surface area contributed by atoms with Crippen LogP contribution in [0.5, 0.6) is 5.75 Å². The third-order valence-corrected chi connectivity index (χ3v) is 4.96. The summed E-state index contributed by atoms with van der Waals surface area (Å²) in [7, 11) is 1.59. The molecule has 1 heterocycles. The van der Waals surface area contributed by atoms with Crippen LogP contribution in [0.25, 0.3) is 6.08 Å². The number of carbonyl (C=O) groups is 1. The van der Waals surface area contributed by atoms with E-state index in [1.54, 1.807) is 31.4 Å². The highest BCUT2D eigenvalue weighted by atomic mass is 35.5. The molecule has 0 saturated heterocycles. The summed E-state index contributed by atoms with van der Waals surface area (Å²) >= 11 is 7.24. The first-order valence-electron chi connectivity index (χ1n) is 8.01. The maximum atomic E-state index is 13.5. The van der Waals surface area contributed by atoms with E-state index in [1.165, 1.54) is 34.9 Å². The normalized spacial score (nSPS) is 15.2. The molecular formula is C20H16ClFN2O2S. The fourth-order valence-electron chi connectivity index (χ4n) is 2.44. The van der Waals surface area contributed by atoms with E-state index in [2.05, 4.69) is 11.6 Å². The Labute approximate surface area is 166 Å². The molecule has 0 fully saturated rings. The predicted molar refractivity (Wildman–Crippen MR) is 110 cm³/mol.